The van der Waals surface area contributed by atoms with E-state index in [0.717, 1.165) is 0 Å². The summed E-state index contributed by atoms with van der Waals surface area (Å²) in [5.41, 5.74) is 1.38. The fourth-order valence-corrected chi connectivity index (χ4v) is 3.31. The Hall–Kier alpha value is -4.23. The van der Waals surface area contributed by atoms with Gasteiger partial charge in [0.15, 0.2) is 0 Å². The molecule has 1 aromatic rings. The molecule has 34 heavy (non-hydrogen) atoms. The van der Waals surface area contributed by atoms with Gasteiger partial charge >= 0.3 is 11.9 Å². The normalized spacial score (nSPS) is 15.6. The molecule has 0 aromatic carbocycles. The predicted octanol–water partition coefficient (Wildman–Crippen LogP) is 1.60. The molecule has 0 aliphatic carbocycles. The molecular formula is C20H24N4O10. The van der Waals surface area contributed by atoms with Crippen LogP contribution in [0.2, 0.25) is 0 Å². The molecule has 14 nitrogen and oxygen atoms in total. The molecular weight excluding hydrogens is 456 g/mol. The molecule has 14 heteroatoms. The Kier molecular flexibility index (Phi) is 8.86. The molecule has 1 aromatic heterocycles. The first-order valence-corrected chi connectivity index (χ1v) is 10.1. The van der Waals surface area contributed by atoms with Gasteiger partial charge in [0.2, 0.25) is 0 Å². The van der Waals surface area contributed by atoms with Gasteiger partial charge < -0.3 is 24.5 Å². The molecule has 0 saturated carbocycles. The molecule has 0 amide bonds. The number of nitrogens with zero attached hydrogens (tertiary/aromatic N) is 3. The number of ether oxygens (including phenoxy) is 2. The highest BCUT2D eigenvalue weighted by Gasteiger charge is 2.39. The van der Waals surface area contributed by atoms with Crippen LogP contribution in [-0.4, -0.2) is 52.5 Å². The first kappa shape index (κ1) is 26.0. The lowest BCUT2D eigenvalue weighted by atomic mass is 9.81. The Morgan fingerprint density at radius 1 is 1.03 bits per heavy atom. The standard InChI is InChI=1S/C20H24N4O10/c1-11(2)33-19(25)16-12(3)22-13(4)17(18(16)14-6-5-7-21-8-14)20(26)34-15(9-31-23(27)28)10-32-24(29)30/h5-8,11,15,18,22H,9-10H2,1-4H3. The number of carbonyl (C=O) groups is 2. The first-order valence-electron chi connectivity index (χ1n) is 10.1. The number of carbonyl (C=O) groups excluding carboxylic acids is 2. The van der Waals surface area contributed by atoms with E-state index in [1.807, 2.05) is 0 Å². The Balaban J connectivity index is 2.45. The Labute approximate surface area is 193 Å². The zero-order valence-electron chi connectivity index (χ0n) is 18.9. The topological polar surface area (TPSA) is 182 Å². The number of aromatic nitrogens is 1. The minimum atomic E-state index is -1.49. The summed E-state index contributed by atoms with van der Waals surface area (Å²) >= 11 is 0. The van der Waals surface area contributed by atoms with Crippen LogP contribution >= 0.6 is 0 Å². The van der Waals surface area contributed by atoms with Crippen LogP contribution in [0.4, 0.5) is 0 Å². The van der Waals surface area contributed by atoms with Gasteiger partial charge in [-0.1, -0.05) is 6.07 Å². The van der Waals surface area contributed by atoms with Crippen molar-refractivity contribution in [3.05, 3.63) is 72.9 Å². The van der Waals surface area contributed by atoms with E-state index in [4.69, 9.17) is 9.47 Å². The fraction of sp³-hybridized carbons (Fsp3) is 0.450. The molecule has 0 spiro atoms. The van der Waals surface area contributed by atoms with Crippen molar-refractivity contribution >= 4 is 11.9 Å². The Bertz CT molecular complexity index is 988. The van der Waals surface area contributed by atoms with Gasteiger partial charge in [-0.25, -0.2) is 9.59 Å². The molecule has 1 unspecified atom stereocenters. The molecule has 0 radical (unpaired) electrons. The van der Waals surface area contributed by atoms with Crippen LogP contribution in [0, 0.1) is 20.2 Å². The molecule has 2 rings (SSSR count). The SMILES string of the molecule is CC1=C(C(=O)OC(C)C)C(c2cccnc2)C(C(=O)OC(CO[N+](=O)[O-])CO[N+](=O)[O-])=C(C)N1. The third-order valence-corrected chi connectivity index (χ3v) is 4.57. The van der Waals surface area contributed by atoms with Gasteiger partial charge in [-0.15, -0.1) is 20.2 Å². The summed E-state index contributed by atoms with van der Waals surface area (Å²) in [5, 5.41) is 21.8. The van der Waals surface area contributed by atoms with Gasteiger partial charge in [0, 0.05) is 23.8 Å². The number of nitrogens with one attached hydrogen (secondary N) is 1. The maximum atomic E-state index is 13.2. The fourth-order valence-electron chi connectivity index (χ4n) is 3.31. The third-order valence-electron chi connectivity index (χ3n) is 4.57. The van der Waals surface area contributed by atoms with Crippen LogP contribution in [-0.2, 0) is 28.7 Å². The van der Waals surface area contributed by atoms with E-state index >= 15 is 0 Å². The van der Waals surface area contributed by atoms with Gasteiger partial charge in [-0.05, 0) is 39.3 Å². The summed E-state index contributed by atoms with van der Waals surface area (Å²) in [4.78, 5) is 59.7. The molecule has 0 bridgehead atoms. The number of pyridine rings is 1. The van der Waals surface area contributed by atoms with Gasteiger partial charge in [-0.3, -0.25) is 4.98 Å². The van der Waals surface area contributed by atoms with Crippen molar-refractivity contribution in [1.29, 1.82) is 0 Å². The quantitative estimate of drug-likeness (QED) is 0.275. The van der Waals surface area contributed by atoms with Crippen molar-refractivity contribution in [1.82, 2.24) is 10.3 Å². The van der Waals surface area contributed by atoms with Crippen LogP contribution in [0.15, 0.2) is 47.1 Å². The van der Waals surface area contributed by atoms with Gasteiger partial charge in [-0.2, -0.15) is 0 Å². The molecule has 1 atom stereocenters. The number of dihydropyridines is 1. The van der Waals surface area contributed by atoms with E-state index in [2.05, 4.69) is 20.0 Å². The van der Waals surface area contributed by atoms with E-state index in [-0.39, 0.29) is 11.1 Å². The van der Waals surface area contributed by atoms with Crippen molar-refractivity contribution in [3.63, 3.8) is 0 Å². The van der Waals surface area contributed by atoms with Crippen molar-refractivity contribution in [2.75, 3.05) is 13.2 Å². The lowest BCUT2D eigenvalue weighted by molar-refractivity contribution is -0.768. The van der Waals surface area contributed by atoms with E-state index in [9.17, 15) is 29.8 Å². The van der Waals surface area contributed by atoms with E-state index in [1.165, 1.54) is 12.4 Å². The highest BCUT2D eigenvalue weighted by Crippen LogP contribution is 2.39. The maximum absolute atomic E-state index is 13.2. The van der Waals surface area contributed by atoms with Crippen molar-refractivity contribution in [3.8, 4) is 0 Å². The minimum Gasteiger partial charge on any atom is -0.460 e. The van der Waals surface area contributed by atoms with Crippen molar-refractivity contribution < 1.29 is 38.9 Å². The third kappa shape index (κ3) is 6.88. The number of esters is 2. The van der Waals surface area contributed by atoms with Crippen molar-refractivity contribution in [2.45, 2.75) is 45.8 Å². The summed E-state index contributed by atoms with van der Waals surface area (Å²) in [6.45, 7) is 4.96. The number of hydrogen-bond donors (Lipinski definition) is 1. The smallest absolute Gasteiger partial charge is 0.337 e. The lowest BCUT2D eigenvalue weighted by Gasteiger charge is -2.31. The molecule has 0 saturated heterocycles. The summed E-state index contributed by atoms with van der Waals surface area (Å²) in [7, 11) is 0. The summed E-state index contributed by atoms with van der Waals surface area (Å²) in [6, 6.07) is 3.28. The monoisotopic (exact) mass is 480 g/mol. The number of allylic oxidation sites excluding steroid dienone is 2. The minimum absolute atomic E-state index is 0.0125. The lowest BCUT2D eigenvalue weighted by Crippen LogP contribution is -2.36. The van der Waals surface area contributed by atoms with Gasteiger partial charge in [0.1, 0.15) is 19.3 Å². The van der Waals surface area contributed by atoms with Gasteiger partial charge in [0.05, 0.1) is 23.2 Å². The molecule has 2 heterocycles. The Morgan fingerprint density at radius 3 is 2.00 bits per heavy atom. The van der Waals surface area contributed by atoms with E-state index in [0.29, 0.717) is 17.0 Å². The zero-order valence-corrected chi connectivity index (χ0v) is 18.9. The zero-order chi connectivity index (χ0) is 25.4. The highest BCUT2D eigenvalue weighted by molar-refractivity contribution is 6.00. The average Bonchev–Trinajstić information content (AvgIpc) is 2.74. The first-order chi connectivity index (χ1) is 16.0. The number of rotatable bonds is 11. The second kappa shape index (κ2) is 11.6. The highest BCUT2D eigenvalue weighted by atomic mass is 17.0. The van der Waals surface area contributed by atoms with E-state index in [1.54, 1.807) is 39.8 Å². The molecule has 184 valence electrons. The molecule has 1 N–H and O–H groups in total. The van der Waals surface area contributed by atoms with E-state index < -0.39 is 53.5 Å². The van der Waals surface area contributed by atoms with Crippen LogP contribution in [0.3, 0.4) is 0 Å². The van der Waals surface area contributed by atoms with Crippen LogP contribution in [0.5, 0.6) is 0 Å². The summed E-state index contributed by atoms with van der Waals surface area (Å²) in [5.74, 6) is -2.62. The second-order valence-corrected chi connectivity index (χ2v) is 7.44. The molecule has 0 fully saturated rings. The van der Waals surface area contributed by atoms with Crippen LogP contribution in [0.1, 0.15) is 39.2 Å². The van der Waals surface area contributed by atoms with Crippen LogP contribution < -0.4 is 5.32 Å². The average molecular weight is 480 g/mol. The summed E-state index contributed by atoms with van der Waals surface area (Å²) in [6.07, 6.45) is 1.06. The summed E-state index contributed by atoms with van der Waals surface area (Å²) < 4.78 is 10.6. The number of hydrogen-bond acceptors (Lipinski definition) is 12. The largest absolute Gasteiger partial charge is 0.460 e. The van der Waals surface area contributed by atoms with Crippen molar-refractivity contribution in [2.24, 2.45) is 0 Å². The Morgan fingerprint density at radius 2 is 1.56 bits per heavy atom. The predicted molar refractivity (Wildman–Crippen MR) is 113 cm³/mol. The molecule has 1 aliphatic heterocycles. The van der Waals surface area contributed by atoms with Crippen LogP contribution in [0.25, 0.3) is 0 Å². The maximum Gasteiger partial charge on any atom is 0.337 e. The van der Waals surface area contributed by atoms with Gasteiger partial charge in [0.25, 0.3) is 10.2 Å². The molecule has 1 aliphatic rings. The second-order valence-electron chi connectivity index (χ2n) is 7.44.